The SMILES string of the molecule is Cc1noc(C)c1C(C)N1CCCNC(C)(C2CC2)C1. The standard InChI is InChI=1S/C16H27N3O/c1-11-15(13(3)20-18-11)12(2)19-9-5-8-17-16(4,10-19)14-6-7-14/h12,14,17H,5-10H2,1-4H3. The highest BCUT2D eigenvalue weighted by molar-refractivity contribution is 5.25. The van der Waals surface area contributed by atoms with Crippen molar-refractivity contribution in [2.75, 3.05) is 19.6 Å². The number of aromatic nitrogens is 1. The summed E-state index contributed by atoms with van der Waals surface area (Å²) in [4.78, 5) is 2.62. The van der Waals surface area contributed by atoms with Crippen molar-refractivity contribution in [2.24, 2.45) is 5.92 Å². The summed E-state index contributed by atoms with van der Waals surface area (Å²) in [7, 11) is 0. The van der Waals surface area contributed by atoms with Gasteiger partial charge < -0.3 is 9.84 Å². The molecule has 1 aromatic heterocycles. The molecule has 2 aliphatic rings. The quantitative estimate of drug-likeness (QED) is 0.922. The Balaban J connectivity index is 1.81. The van der Waals surface area contributed by atoms with Crippen molar-refractivity contribution in [3.63, 3.8) is 0 Å². The van der Waals surface area contributed by atoms with Gasteiger partial charge in [-0.1, -0.05) is 5.16 Å². The second-order valence-electron chi connectivity index (χ2n) is 6.86. The van der Waals surface area contributed by atoms with Gasteiger partial charge in [-0.25, -0.2) is 0 Å². The van der Waals surface area contributed by atoms with E-state index in [1.165, 1.54) is 24.8 Å². The van der Waals surface area contributed by atoms with E-state index in [9.17, 15) is 0 Å². The molecule has 2 heterocycles. The Bertz CT molecular complexity index is 461. The number of aryl methyl sites for hydroxylation is 2. The molecule has 4 heteroatoms. The van der Waals surface area contributed by atoms with Gasteiger partial charge in [0, 0.05) is 30.2 Å². The summed E-state index contributed by atoms with van der Waals surface area (Å²) in [5.41, 5.74) is 2.61. The highest BCUT2D eigenvalue weighted by Crippen LogP contribution is 2.41. The van der Waals surface area contributed by atoms with Crippen LogP contribution in [0.2, 0.25) is 0 Å². The Morgan fingerprint density at radius 1 is 1.40 bits per heavy atom. The molecule has 1 N–H and O–H groups in total. The van der Waals surface area contributed by atoms with Gasteiger partial charge in [0.25, 0.3) is 0 Å². The lowest BCUT2D eigenvalue weighted by atomic mass is 9.94. The lowest BCUT2D eigenvalue weighted by Gasteiger charge is -2.36. The Morgan fingerprint density at radius 3 is 2.75 bits per heavy atom. The van der Waals surface area contributed by atoms with E-state index < -0.39 is 0 Å². The lowest BCUT2D eigenvalue weighted by Crippen LogP contribution is -2.51. The van der Waals surface area contributed by atoms with Crippen molar-refractivity contribution in [3.8, 4) is 0 Å². The summed E-state index contributed by atoms with van der Waals surface area (Å²) in [5, 5.41) is 7.92. The summed E-state index contributed by atoms with van der Waals surface area (Å²) < 4.78 is 5.36. The van der Waals surface area contributed by atoms with Gasteiger partial charge in [-0.2, -0.15) is 0 Å². The van der Waals surface area contributed by atoms with Crippen molar-refractivity contribution in [1.82, 2.24) is 15.4 Å². The first kappa shape index (κ1) is 14.1. The first-order valence-corrected chi connectivity index (χ1v) is 7.93. The molecular formula is C16H27N3O. The Hall–Kier alpha value is -0.870. The van der Waals surface area contributed by atoms with Crippen molar-refractivity contribution < 1.29 is 4.52 Å². The zero-order valence-corrected chi connectivity index (χ0v) is 13.2. The molecule has 1 aromatic rings. The predicted octanol–water partition coefficient (Wildman–Crippen LogP) is 2.82. The molecular weight excluding hydrogens is 250 g/mol. The molecule has 0 aromatic carbocycles. The van der Waals surface area contributed by atoms with E-state index >= 15 is 0 Å². The molecule has 0 bridgehead atoms. The molecule has 20 heavy (non-hydrogen) atoms. The number of nitrogens with zero attached hydrogens (tertiary/aromatic N) is 2. The van der Waals surface area contributed by atoms with Crippen LogP contribution in [0.4, 0.5) is 0 Å². The fourth-order valence-electron chi connectivity index (χ4n) is 3.81. The van der Waals surface area contributed by atoms with Crippen LogP contribution in [-0.4, -0.2) is 35.2 Å². The molecule has 0 amide bonds. The Kier molecular flexibility index (Phi) is 3.63. The summed E-state index contributed by atoms with van der Waals surface area (Å²) in [5.74, 6) is 1.83. The van der Waals surface area contributed by atoms with E-state index in [1.54, 1.807) is 0 Å². The highest BCUT2D eigenvalue weighted by Gasteiger charge is 2.43. The first-order valence-electron chi connectivity index (χ1n) is 7.93. The van der Waals surface area contributed by atoms with Gasteiger partial charge in [-0.15, -0.1) is 0 Å². The zero-order chi connectivity index (χ0) is 14.3. The molecule has 2 unspecified atom stereocenters. The van der Waals surface area contributed by atoms with Gasteiger partial charge in [0.1, 0.15) is 5.76 Å². The number of hydrogen-bond acceptors (Lipinski definition) is 4. The molecule has 2 atom stereocenters. The fourth-order valence-corrected chi connectivity index (χ4v) is 3.81. The second kappa shape index (κ2) is 5.15. The van der Waals surface area contributed by atoms with E-state index in [4.69, 9.17) is 4.52 Å². The van der Waals surface area contributed by atoms with Crippen LogP contribution >= 0.6 is 0 Å². The van der Waals surface area contributed by atoms with Crippen LogP contribution in [0.3, 0.4) is 0 Å². The van der Waals surface area contributed by atoms with Crippen LogP contribution in [-0.2, 0) is 0 Å². The van der Waals surface area contributed by atoms with Gasteiger partial charge in [-0.3, -0.25) is 4.90 Å². The van der Waals surface area contributed by atoms with Crippen LogP contribution in [0.25, 0.3) is 0 Å². The van der Waals surface area contributed by atoms with Crippen molar-refractivity contribution in [3.05, 3.63) is 17.0 Å². The third kappa shape index (κ3) is 2.51. The summed E-state index contributed by atoms with van der Waals surface area (Å²) in [6.45, 7) is 12.2. The fraction of sp³-hybridized carbons (Fsp3) is 0.812. The maximum absolute atomic E-state index is 5.36. The van der Waals surface area contributed by atoms with Crippen molar-refractivity contribution >= 4 is 0 Å². The molecule has 112 valence electrons. The van der Waals surface area contributed by atoms with E-state index in [-0.39, 0.29) is 5.54 Å². The third-order valence-electron chi connectivity index (χ3n) is 5.21. The number of hydrogen-bond donors (Lipinski definition) is 1. The molecule has 3 rings (SSSR count). The Morgan fingerprint density at radius 2 is 2.15 bits per heavy atom. The lowest BCUT2D eigenvalue weighted by molar-refractivity contribution is 0.158. The van der Waals surface area contributed by atoms with Gasteiger partial charge in [0.2, 0.25) is 0 Å². The van der Waals surface area contributed by atoms with E-state index in [0.717, 1.165) is 37.0 Å². The minimum Gasteiger partial charge on any atom is -0.361 e. The molecule has 0 radical (unpaired) electrons. The summed E-state index contributed by atoms with van der Waals surface area (Å²) in [6.07, 6.45) is 3.99. The van der Waals surface area contributed by atoms with Crippen LogP contribution in [0.5, 0.6) is 0 Å². The molecule has 0 spiro atoms. The third-order valence-corrected chi connectivity index (χ3v) is 5.21. The predicted molar refractivity (Wildman–Crippen MR) is 79.7 cm³/mol. The maximum atomic E-state index is 5.36. The van der Waals surface area contributed by atoms with Crippen LogP contribution in [0.1, 0.15) is 56.2 Å². The molecule has 1 aliphatic carbocycles. The minimum atomic E-state index is 0.281. The monoisotopic (exact) mass is 277 g/mol. The number of nitrogens with one attached hydrogen (secondary N) is 1. The smallest absolute Gasteiger partial charge is 0.138 e. The first-order chi connectivity index (χ1) is 9.51. The largest absolute Gasteiger partial charge is 0.361 e. The van der Waals surface area contributed by atoms with E-state index in [2.05, 4.69) is 36.1 Å². The second-order valence-corrected chi connectivity index (χ2v) is 6.86. The van der Waals surface area contributed by atoms with Crippen LogP contribution in [0.15, 0.2) is 4.52 Å². The molecule has 1 aliphatic heterocycles. The normalized spacial score (nSPS) is 30.2. The van der Waals surface area contributed by atoms with Gasteiger partial charge in [0.05, 0.1) is 5.69 Å². The minimum absolute atomic E-state index is 0.281. The Labute approximate surface area is 121 Å². The van der Waals surface area contributed by atoms with Crippen LogP contribution in [0, 0.1) is 19.8 Å². The topological polar surface area (TPSA) is 41.3 Å². The van der Waals surface area contributed by atoms with Gasteiger partial charge in [0.15, 0.2) is 0 Å². The molecule has 1 saturated carbocycles. The number of rotatable bonds is 3. The van der Waals surface area contributed by atoms with Gasteiger partial charge in [-0.05, 0) is 59.4 Å². The van der Waals surface area contributed by atoms with Crippen molar-refractivity contribution in [1.29, 1.82) is 0 Å². The maximum Gasteiger partial charge on any atom is 0.138 e. The summed E-state index contributed by atoms with van der Waals surface area (Å²) >= 11 is 0. The molecule has 1 saturated heterocycles. The molecule has 4 nitrogen and oxygen atoms in total. The highest BCUT2D eigenvalue weighted by atomic mass is 16.5. The zero-order valence-electron chi connectivity index (χ0n) is 13.2. The molecule has 2 fully saturated rings. The summed E-state index contributed by atoms with van der Waals surface area (Å²) in [6, 6.07) is 0.388. The average Bonchev–Trinajstić information content (AvgIpc) is 3.20. The van der Waals surface area contributed by atoms with E-state index in [1.807, 2.05) is 6.92 Å². The average molecular weight is 277 g/mol. The van der Waals surface area contributed by atoms with E-state index in [0.29, 0.717) is 6.04 Å². The van der Waals surface area contributed by atoms with Crippen LogP contribution < -0.4 is 5.32 Å². The van der Waals surface area contributed by atoms with Gasteiger partial charge >= 0.3 is 0 Å². The van der Waals surface area contributed by atoms with Crippen molar-refractivity contribution in [2.45, 2.75) is 58.5 Å².